The van der Waals surface area contributed by atoms with Gasteiger partial charge in [0.25, 0.3) is 5.91 Å². The van der Waals surface area contributed by atoms with Crippen molar-refractivity contribution < 1.29 is 33.0 Å². The molecule has 3 heterocycles. The lowest BCUT2D eigenvalue weighted by molar-refractivity contribution is -0.132. The predicted octanol–water partition coefficient (Wildman–Crippen LogP) is 4.13. The first kappa shape index (κ1) is 28.2. The Hall–Kier alpha value is -4.35. The molecule has 1 aliphatic heterocycles. The molecule has 0 aliphatic carbocycles. The Balaban J connectivity index is 1.56. The van der Waals surface area contributed by atoms with Crippen LogP contribution in [0.25, 0.3) is 22.2 Å². The van der Waals surface area contributed by atoms with Gasteiger partial charge in [0, 0.05) is 28.5 Å². The molecular weight excluding hydrogens is 534 g/mol. The molecule has 0 bridgehead atoms. The number of aryl methyl sites for hydroxylation is 1. The normalized spacial score (nSPS) is 17.2. The fourth-order valence-corrected chi connectivity index (χ4v) is 4.86. The van der Waals surface area contributed by atoms with Gasteiger partial charge < -0.3 is 19.9 Å². The number of nitrogens with one attached hydrogen (secondary N) is 1. The number of benzene rings is 2. The first-order chi connectivity index (χ1) is 19.4. The fourth-order valence-electron chi connectivity index (χ4n) is 4.86. The van der Waals surface area contributed by atoms with Crippen molar-refractivity contribution in [1.29, 1.82) is 0 Å². The van der Waals surface area contributed by atoms with Crippen molar-refractivity contribution >= 4 is 22.6 Å². The molecule has 2 aromatic carbocycles. The largest absolute Gasteiger partial charge is 0.494 e. The monoisotopic (exact) mass is 562 g/mol. The highest BCUT2D eigenvalue weighted by Crippen LogP contribution is 2.38. The molecule has 1 saturated heterocycles. The summed E-state index contributed by atoms with van der Waals surface area (Å²) in [6.07, 6.45) is 0.0421. The Kier molecular flexibility index (Phi) is 7.26. The molecule has 41 heavy (non-hydrogen) atoms. The lowest BCUT2D eigenvalue weighted by Gasteiger charge is -2.29. The molecule has 1 atom stereocenters. The van der Waals surface area contributed by atoms with Crippen LogP contribution in [-0.2, 0) is 20.7 Å². The number of pyridine rings is 1. The molecule has 0 spiro atoms. The standard InChI is InChI=1S/C30H28F2N4O5/c1-16-11-18-12-19(13-22(40-4)26(18)36-35-16)28(38)33-15-30(24(37)9-10-41-30)23-14-21(29(2,3)39)25(32)27(34-23)17-5-7-20(31)8-6-17/h5-8,11-14,39H,9-10,15H2,1-4H3,(H,33,38)/t30-/m1/s1. The zero-order valence-corrected chi connectivity index (χ0v) is 22.9. The van der Waals surface area contributed by atoms with Crippen molar-refractivity contribution in [3.8, 4) is 17.0 Å². The minimum absolute atomic E-state index is 0.0140. The van der Waals surface area contributed by atoms with Gasteiger partial charge in [-0.25, -0.2) is 13.8 Å². The SMILES string of the molecule is COc1cc(C(=O)NC[C@]2(c3cc(C(C)(C)O)c(F)c(-c4ccc(F)cc4)n3)OCCC2=O)cc2cc(C)nnc12. The number of carbonyl (C=O) groups is 2. The first-order valence-electron chi connectivity index (χ1n) is 12.9. The number of carbonyl (C=O) groups excluding carboxylic acids is 2. The van der Waals surface area contributed by atoms with E-state index in [9.17, 15) is 19.1 Å². The maximum atomic E-state index is 15.7. The summed E-state index contributed by atoms with van der Waals surface area (Å²) in [6.45, 7) is 4.31. The van der Waals surface area contributed by atoms with Crippen molar-refractivity contribution in [2.75, 3.05) is 20.3 Å². The van der Waals surface area contributed by atoms with Crippen LogP contribution in [0.5, 0.6) is 5.75 Å². The third-order valence-corrected chi connectivity index (χ3v) is 7.03. The molecule has 1 amide bonds. The van der Waals surface area contributed by atoms with Gasteiger partial charge in [-0.15, -0.1) is 5.10 Å². The van der Waals surface area contributed by atoms with Gasteiger partial charge in [0.05, 0.1) is 37.3 Å². The molecular formula is C30H28F2N4O5. The van der Waals surface area contributed by atoms with Gasteiger partial charge in [0.15, 0.2) is 17.2 Å². The Bertz CT molecular complexity index is 1670. The lowest BCUT2D eigenvalue weighted by Crippen LogP contribution is -2.46. The van der Waals surface area contributed by atoms with Crippen LogP contribution in [0.2, 0.25) is 0 Å². The second-order valence-electron chi connectivity index (χ2n) is 10.4. The van der Waals surface area contributed by atoms with Gasteiger partial charge >= 0.3 is 0 Å². The summed E-state index contributed by atoms with van der Waals surface area (Å²) in [7, 11) is 1.46. The van der Waals surface area contributed by atoms with Crippen LogP contribution < -0.4 is 10.1 Å². The van der Waals surface area contributed by atoms with E-state index in [1.807, 2.05) is 0 Å². The lowest BCUT2D eigenvalue weighted by atomic mass is 9.88. The van der Waals surface area contributed by atoms with Crippen LogP contribution in [0.3, 0.4) is 0 Å². The summed E-state index contributed by atoms with van der Waals surface area (Å²) >= 11 is 0. The third kappa shape index (κ3) is 5.25. The quantitative estimate of drug-likeness (QED) is 0.345. The molecule has 2 aromatic heterocycles. The molecule has 11 heteroatoms. The van der Waals surface area contributed by atoms with Crippen molar-refractivity contribution in [2.45, 2.75) is 38.4 Å². The molecule has 212 valence electrons. The topological polar surface area (TPSA) is 124 Å². The number of ether oxygens (including phenoxy) is 2. The van der Waals surface area contributed by atoms with Gasteiger partial charge in [-0.05, 0) is 69.3 Å². The average Bonchev–Trinajstić information content (AvgIpc) is 3.31. The van der Waals surface area contributed by atoms with Gasteiger partial charge in [-0.2, -0.15) is 5.10 Å². The van der Waals surface area contributed by atoms with Crippen molar-refractivity contribution in [2.24, 2.45) is 0 Å². The Morgan fingerprint density at radius 3 is 2.51 bits per heavy atom. The highest BCUT2D eigenvalue weighted by atomic mass is 19.1. The number of nitrogens with zero attached hydrogens (tertiary/aromatic N) is 3. The zero-order valence-electron chi connectivity index (χ0n) is 22.9. The molecule has 0 radical (unpaired) electrons. The number of aromatic nitrogens is 3. The zero-order chi connectivity index (χ0) is 29.5. The molecule has 9 nitrogen and oxygen atoms in total. The number of ketones is 1. The number of fused-ring (bicyclic) bond motifs is 1. The fraction of sp³-hybridized carbons (Fsp3) is 0.300. The molecule has 1 aliphatic rings. The predicted molar refractivity (Wildman–Crippen MR) is 145 cm³/mol. The smallest absolute Gasteiger partial charge is 0.251 e. The van der Waals surface area contributed by atoms with Gasteiger partial charge in [-0.1, -0.05) is 0 Å². The van der Waals surface area contributed by atoms with Crippen LogP contribution in [0, 0.1) is 18.6 Å². The number of halogens is 2. The summed E-state index contributed by atoms with van der Waals surface area (Å²) in [5.41, 5.74) is -2.09. The number of hydrogen-bond donors (Lipinski definition) is 2. The van der Waals surface area contributed by atoms with Crippen molar-refractivity contribution in [3.63, 3.8) is 0 Å². The average molecular weight is 563 g/mol. The second kappa shape index (κ2) is 10.6. The van der Waals surface area contributed by atoms with Crippen molar-refractivity contribution in [1.82, 2.24) is 20.5 Å². The number of rotatable bonds is 7. The summed E-state index contributed by atoms with van der Waals surface area (Å²) in [4.78, 5) is 31.1. The number of amides is 1. The number of Topliss-reactive ketones (excluding diaryl/α,β-unsaturated/α-hetero) is 1. The van der Waals surface area contributed by atoms with Crippen LogP contribution in [0.15, 0.2) is 48.5 Å². The molecule has 2 N–H and O–H groups in total. The minimum atomic E-state index is -1.75. The Labute approximate surface area is 234 Å². The maximum absolute atomic E-state index is 15.7. The Morgan fingerprint density at radius 2 is 1.88 bits per heavy atom. The minimum Gasteiger partial charge on any atom is -0.494 e. The van der Waals surface area contributed by atoms with Gasteiger partial charge in [-0.3, -0.25) is 9.59 Å². The van der Waals surface area contributed by atoms with E-state index in [2.05, 4.69) is 20.5 Å². The summed E-state index contributed by atoms with van der Waals surface area (Å²) < 4.78 is 40.6. The molecule has 4 aromatic rings. The van der Waals surface area contributed by atoms with E-state index in [0.29, 0.717) is 22.3 Å². The highest BCUT2D eigenvalue weighted by molar-refractivity contribution is 6.00. The van der Waals surface area contributed by atoms with Crippen LogP contribution in [0.1, 0.15) is 47.6 Å². The number of hydrogen-bond acceptors (Lipinski definition) is 8. The molecule has 0 unspecified atom stereocenters. The number of methoxy groups -OCH3 is 1. The van der Waals surface area contributed by atoms with E-state index in [4.69, 9.17) is 9.47 Å². The molecule has 1 fully saturated rings. The highest BCUT2D eigenvalue weighted by Gasteiger charge is 2.48. The molecule has 0 saturated carbocycles. The van der Waals surface area contributed by atoms with Crippen LogP contribution in [0.4, 0.5) is 8.78 Å². The van der Waals surface area contributed by atoms with E-state index in [1.165, 1.54) is 45.2 Å². The van der Waals surface area contributed by atoms with E-state index < -0.39 is 28.7 Å². The third-order valence-electron chi connectivity index (χ3n) is 7.03. The summed E-state index contributed by atoms with van der Waals surface area (Å²) in [6, 6.07) is 11.2. The van der Waals surface area contributed by atoms with E-state index in [1.54, 1.807) is 19.1 Å². The van der Waals surface area contributed by atoms with Crippen molar-refractivity contribution in [3.05, 3.63) is 82.7 Å². The number of aliphatic hydroxyl groups is 1. The van der Waals surface area contributed by atoms with E-state index in [0.717, 1.165) is 12.1 Å². The van der Waals surface area contributed by atoms with Crippen LogP contribution >= 0.6 is 0 Å². The van der Waals surface area contributed by atoms with E-state index >= 15 is 4.39 Å². The summed E-state index contributed by atoms with van der Waals surface area (Å²) in [5, 5.41) is 22.4. The Morgan fingerprint density at radius 1 is 1.15 bits per heavy atom. The maximum Gasteiger partial charge on any atom is 0.251 e. The van der Waals surface area contributed by atoms with Gasteiger partial charge in [0.2, 0.25) is 0 Å². The second-order valence-corrected chi connectivity index (χ2v) is 10.4. The molecule has 5 rings (SSSR count). The van der Waals surface area contributed by atoms with Crippen LogP contribution in [-0.4, -0.2) is 52.2 Å². The first-order valence-corrected chi connectivity index (χ1v) is 12.9. The van der Waals surface area contributed by atoms with E-state index in [-0.39, 0.29) is 53.4 Å². The van der Waals surface area contributed by atoms with Gasteiger partial charge in [0.1, 0.15) is 22.8 Å². The summed E-state index contributed by atoms with van der Waals surface area (Å²) in [5.74, 6) is -1.88.